The standard InChI is InChI=1S/C22H27NO8/c1-4-9-23(10-5-2)15-14-16(24)21(28)22(29,12-7-6-8-13(11-12)30-3)31-20(14)19(27)18(26)17(15)25/h6-8,11,21,25-29H,4-5,9-10H2,1-3H3. The van der Waals surface area contributed by atoms with E-state index in [4.69, 9.17) is 9.47 Å². The predicted molar refractivity (Wildman–Crippen MR) is 112 cm³/mol. The van der Waals surface area contributed by atoms with E-state index in [2.05, 4.69) is 0 Å². The van der Waals surface area contributed by atoms with E-state index in [1.54, 1.807) is 11.0 Å². The van der Waals surface area contributed by atoms with Gasteiger partial charge in [-0.3, -0.25) is 4.79 Å². The van der Waals surface area contributed by atoms with E-state index < -0.39 is 40.7 Å². The van der Waals surface area contributed by atoms with E-state index in [1.807, 2.05) is 13.8 Å². The lowest BCUT2D eigenvalue weighted by Gasteiger charge is -2.39. The molecular formula is C22H27NO8. The Kier molecular flexibility index (Phi) is 6.19. The summed E-state index contributed by atoms with van der Waals surface area (Å²) in [7, 11) is 1.41. The number of anilines is 1. The maximum absolute atomic E-state index is 13.3. The molecule has 0 fully saturated rings. The number of ketones is 1. The van der Waals surface area contributed by atoms with Crippen LogP contribution in [0.4, 0.5) is 5.69 Å². The van der Waals surface area contributed by atoms with Crippen LogP contribution in [-0.2, 0) is 5.79 Å². The summed E-state index contributed by atoms with van der Waals surface area (Å²) < 4.78 is 10.7. The molecule has 1 aliphatic heterocycles. The number of rotatable bonds is 7. The molecule has 0 saturated carbocycles. The number of hydrogen-bond donors (Lipinski definition) is 5. The number of methoxy groups -OCH3 is 1. The first-order chi connectivity index (χ1) is 14.7. The Labute approximate surface area is 179 Å². The van der Waals surface area contributed by atoms with Crippen molar-refractivity contribution in [2.24, 2.45) is 0 Å². The summed E-state index contributed by atoms with van der Waals surface area (Å²) in [6.45, 7) is 4.67. The van der Waals surface area contributed by atoms with Crippen molar-refractivity contribution in [3.8, 4) is 28.7 Å². The van der Waals surface area contributed by atoms with Gasteiger partial charge in [0.1, 0.15) is 5.75 Å². The number of carbonyl (C=O) groups is 1. The molecule has 1 heterocycles. The number of ether oxygens (including phenoxy) is 2. The highest BCUT2D eigenvalue weighted by Gasteiger charge is 2.53. The Morgan fingerprint density at radius 1 is 1.10 bits per heavy atom. The zero-order valence-corrected chi connectivity index (χ0v) is 17.6. The van der Waals surface area contributed by atoms with Gasteiger partial charge >= 0.3 is 0 Å². The van der Waals surface area contributed by atoms with Gasteiger partial charge in [0.15, 0.2) is 17.6 Å². The number of aromatic hydroxyl groups is 3. The van der Waals surface area contributed by atoms with Gasteiger partial charge in [0.25, 0.3) is 5.79 Å². The fourth-order valence-corrected chi connectivity index (χ4v) is 3.78. The third-order valence-corrected chi connectivity index (χ3v) is 5.26. The van der Waals surface area contributed by atoms with Gasteiger partial charge in [-0.15, -0.1) is 0 Å². The second-order valence-corrected chi connectivity index (χ2v) is 7.38. The van der Waals surface area contributed by atoms with Crippen LogP contribution in [0.5, 0.6) is 28.7 Å². The van der Waals surface area contributed by atoms with Crippen LogP contribution in [0.15, 0.2) is 24.3 Å². The minimum absolute atomic E-state index is 0.00540. The van der Waals surface area contributed by atoms with Gasteiger partial charge in [-0.25, -0.2) is 0 Å². The number of phenols is 3. The summed E-state index contributed by atoms with van der Waals surface area (Å²) in [4.78, 5) is 14.9. The molecular weight excluding hydrogens is 406 g/mol. The molecule has 31 heavy (non-hydrogen) atoms. The molecule has 168 valence electrons. The van der Waals surface area contributed by atoms with E-state index in [9.17, 15) is 30.3 Å². The van der Waals surface area contributed by atoms with Crippen LogP contribution in [0.3, 0.4) is 0 Å². The highest BCUT2D eigenvalue weighted by atomic mass is 16.6. The average molecular weight is 433 g/mol. The molecule has 5 N–H and O–H groups in total. The Balaban J connectivity index is 2.25. The fraction of sp³-hybridized carbons (Fsp3) is 0.409. The smallest absolute Gasteiger partial charge is 0.269 e. The molecule has 0 amide bonds. The average Bonchev–Trinajstić information content (AvgIpc) is 2.77. The molecule has 0 spiro atoms. The number of hydrogen-bond acceptors (Lipinski definition) is 9. The number of carbonyl (C=O) groups excluding carboxylic acids is 1. The van der Waals surface area contributed by atoms with Crippen molar-refractivity contribution in [2.75, 3.05) is 25.1 Å². The summed E-state index contributed by atoms with van der Waals surface area (Å²) in [5.74, 6) is -6.21. The third-order valence-electron chi connectivity index (χ3n) is 5.26. The van der Waals surface area contributed by atoms with Crippen molar-refractivity contribution in [1.29, 1.82) is 0 Å². The number of aliphatic hydroxyl groups is 2. The maximum atomic E-state index is 13.3. The normalized spacial score (nSPS) is 20.2. The van der Waals surface area contributed by atoms with Crippen LogP contribution in [0.2, 0.25) is 0 Å². The summed E-state index contributed by atoms with van der Waals surface area (Å²) >= 11 is 0. The van der Waals surface area contributed by atoms with E-state index in [0.717, 1.165) is 0 Å². The lowest BCUT2D eigenvalue weighted by atomic mass is 9.88. The van der Waals surface area contributed by atoms with Gasteiger partial charge in [0.2, 0.25) is 17.3 Å². The molecule has 2 atom stereocenters. The van der Waals surface area contributed by atoms with Crippen molar-refractivity contribution in [1.82, 2.24) is 0 Å². The molecule has 0 radical (unpaired) electrons. The maximum Gasteiger partial charge on any atom is 0.269 e. The molecule has 2 aromatic carbocycles. The quantitative estimate of drug-likeness (QED) is 0.416. The van der Waals surface area contributed by atoms with Crippen molar-refractivity contribution in [2.45, 2.75) is 38.6 Å². The van der Waals surface area contributed by atoms with Crippen LogP contribution in [0.1, 0.15) is 42.6 Å². The van der Waals surface area contributed by atoms with Gasteiger partial charge in [-0.1, -0.05) is 26.0 Å². The summed E-state index contributed by atoms with van der Waals surface area (Å²) in [5.41, 5.74) is -0.369. The van der Waals surface area contributed by atoms with Gasteiger partial charge in [0, 0.05) is 18.7 Å². The fourth-order valence-electron chi connectivity index (χ4n) is 3.78. The Hall–Kier alpha value is -3.17. The molecule has 1 aliphatic rings. The van der Waals surface area contributed by atoms with Gasteiger partial charge in [-0.2, -0.15) is 0 Å². The van der Waals surface area contributed by atoms with Crippen LogP contribution < -0.4 is 14.4 Å². The Bertz CT molecular complexity index is 986. The third kappa shape index (κ3) is 3.60. The molecule has 2 aromatic rings. The van der Waals surface area contributed by atoms with Crippen molar-refractivity contribution >= 4 is 11.5 Å². The van der Waals surface area contributed by atoms with E-state index >= 15 is 0 Å². The van der Waals surface area contributed by atoms with Gasteiger partial charge in [-0.05, 0) is 25.0 Å². The Morgan fingerprint density at radius 3 is 2.32 bits per heavy atom. The number of phenolic OH excluding ortho intramolecular Hbond substituents is 3. The second kappa shape index (κ2) is 8.52. The molecule has 9 nitrogen and oxygen atoms in total. The van der Waals surface area contributed by atoms with E-state index in [0.29, 0.717) is 31.7 Å². The van der Waals surface area contributed by atoms with Crippen LogP contribution in [0.25, 0.3) is 0 Å². The first-order valence-corrected chi connectivity index (χ1v) is 10.0. The van der Waals surface area contributed by atoms with Gasteiger partial charge < -0.3 is 39.9 Å². The van der Waals surface area contributed by atoms with Gasteiger partial charge in [0.05, 0.1) is 18.4 Å². The lowest BCUT2D eigenvalue weighted by Crippen LogP contribution is -2.52. The molecule has 2 unspecified atom stereocenters. The largest absolute Gasteiger partial charge is 0.503 e. The van der Waals surface area contributed by atoms with Crippen LogP contribution in [0, 0.1) is 0 Å². The molecule has 0 aromatic heterocycles. The first-order valence-electron chi connectivity index (χ1n) is 10.0. The zero-order chi connectivity index (χ0) is 22.9. The van der Waals surface area contributed by atoms with E-state index in [-0.39, 0.29) is 16.8 Å². The number of aliphatic hydroxyl groups excluding tert-OH is 1. The number of nitrogens with zero attached hydrogens (tertiary/aromatic N) is 1. The highest BCUT2D eigenvalue weighted by molar-refractivity contribution is 6.10. The Morgan fingerprint density at radius 2 is 1.74 bits per heavy atom. The van der Waals surface area contributed by atoms with Crippen LogP contribution in [-0.4, -0.2) is 57.6 Å². The molecule has 0 aliphatic carbocycles. The number of Topliss-reactive ketones (excluding diaryl/α,β-unsaturated/α-hetero) is 1. The summed E-state index contributed by atoms with van der Waals surface area (Å²) in [6.07, 6.45) is -0.734. The summed E-state index contributed by atoms with van der Waals surface area (Å²) in [5, 5.41) is 53.2. The number of benzene rings is 2. The lowest BCUT2D eigenvalue weighted by molar-refractivity contribution is -0.204. The van der Waals surface area contributed by atoms with Crippen LogP contribution >= 0.6 is 0 Å². The van der Waals surface area contributed by atoms with E-state index in [1.165, 1.54) is 25.3 Å². The molecule has 0 saturated heterocycles. The molecule has 9 heteroatoms. The highest BCUT2D eigenvalue weighted by Crippen LogP contribution is 2.56. The van der Waals surface area contributed by atoms with Crippen molar-refractivity contribution in [3.63, 3.8) is 0 Å². The molecule has 0 bridgehead atoms. The second-order valence-electron chi connectivity index (χ2n) is 7.38. The SMILES string of the molecule is CCCN(CCC)c1c(O)c(O)c(O)c2c1C(=O)C(O)C(O)(c1cccc(OC)c1)O2. The minimum Gasteiger partial charge on any atom is -0.503 e. The monoisotopic (exact) mass is 433 g/mol. The zero-order valence-electron chi connectivity index (χ0n) is 17.6. The predicted octanol–water partition coefficient (Wildman–Crippen LogP) is 2.22. The van der Waals surface area contributed by atoms with Crippen molar-refractivity contribution < 1.29 is 39.8 Å². The van der Waals surface area contributed by atoms with Crippen molar-refractivity contribution in [3.05, 3.63) is 35.4 Å². The summed E-state index contributed by atoms with van der Waals surface area (Å²) in [6, 6.07) is 5.93. The topological polar surface area (TPSA) is 140 Å². The minimum atomic E-state index is -2.56. The molecule has 3 rings (SSSR count). The number of fused-ring (bicyclic) bond motifs is 1. The first kappa shape index (κ1) is 22.5.